The summed E-state index contributed by atoms with van der Waals surface area (Å²) < 4.78 is 10.3. The molecule has 0 aromatic heterocycles. The molecule has 2 fully saturated rings. The average Bonchev–Trinajstić information content (AvgIpc) is 3.01. The average molecular weight is 431 g/mol. The molecule has 2 unspecified atom stereocenters. The first-order valence-corrected chi connectivity index (χ1v) is 10.4. The summed E-state index contributed by atoms with van der Waals surface area (Å²) in [6.45, 7) is 2.90. The Bertz CT molecular complexity index is 873. The molecule has 1 aromatic rings. The van der Waals surface area contributed by atoms with Crippen molar-refractivity contribution in [2.24, 2.45) is 0 Å². The number of carbonyl (C=O) groups is 4. The summed E-state index contributed by atoms with van der Waals surface area (Å²) in [5.74, 6) is -0.761. The molecule has 0 aliphatic carbocycles. The summed E-state index contributed by atoms with van der Waals surface area (Å²) in [6.07, 6.45) is 0.153. The summed E-state index contributed by atoms with van der Waals surface area (Å²) in [5, 5.41) is 2.77. The third kappa shape index (κ3) is 4.27. The van der Waals surface area contributed by atoms with Crippen LogP contribution in [0.1, 0.15) is 31.7 Å². The molecule has 1 aromatic carbocycles. The number of carbonyl (C=O) groups excluding carboxylic acids is 4. The van der Waals surface area contributed by atoms with Gasteiger partial charge in [-0.2, -0.15) is 0 Å². The second-order valence-corrected chi connectivity index (χ2v) is 7.81. The van der Waals surface area contributed by atoms with Crippen LogP contribution >= 0.6 is 0 Å². The standard InChI is InChI=1S/C22H29N3O6/c1-4-17-20(28)23-8-9-24(17)18(26)13-22(15-6-5-7-16(12-15)31-3)14-19(27)25(21(22)29)10-11-30-2/h5-7,12,17H,4,8-11,13-14H2,1-3H3,(H,23,28). The van der Waals surface area contributed by atoms with E-state index in [0.29, 0.717) is 30.8 Å². The van der Waals surface area contributed by atoms with E-state index in [1.807, 2.05) is 6.92 Å². The molecular weight excluding hydrogens is 402 g/mol. The third-order valence-corrected chi connectivity index (χ3v) is 6.04. The number of likely N-dealkylation sites (tertiary alicyclic amines) is 1. The largest absolute Gasteiger partial charge is 0.497 e. The van der Waals surface area contributed by atoms with Crippen molar-refractivity contribution >= 4 is 23.6 Å². The van der Waals surface area contributed by atoms with Gasteiger partial charge in [0.1, 0.15) is 11.8 Å². The van der Waals surface area contributed by atoms with Gasteiger partial charge in [0.05, 0.1) is 25.7 Å². The zero-order chi connectivity index (χ0) is 22.6. The van der Waals surface area contributed by atoms with Crippen LogP contribution in [0.15, 0.2) is 24.3 Å². The topological polar surface area (TPSA) is 105 Å². The molecule has 2 atom stereocenters. The molecule has 2 heterocycles. The van der Waals surface area contributed by atoms with Crippen molar-refractivity contribution in [1.82, 2.24) is 15.1 Å². The van der Waals surface area contributed by atoms with E-state index in [1.54, 1.807) is 24.3 Å². The highest BCUT2D eigenvalue weighted by molar-refractivity contribution is 6.11. The lowest BCUT2D eigenvalue weighted by Gasteiger charge is -2.37. The van der Waals surface area contributed by atoms with Crippen molar-refractivity contribution in [1.29, 1.82) is 0 Å². The van der Waals surface area contributed by atoms with E-state index < -0.39 is 17.4 Å². The third-order valence-electron chi connectivity index (χ3n) is 6.04. The van der Waals surface area contributed by atoms with Crippen LogP contribution in [-0.2, 0) is 29.3 Å². The minimum absolute atomic E-state index is 0.120. The summed E-state index contributed by atoms with van der Waals surface area (Å²) in [4.78, 5) is 54.6. The first-order valence-electron chi connectivity index (χ1n) is 10.4. The van der Waals surface area contributed by atoms with Crippen LogP contribution in [0, 0.1) is 0 Å². The number of ether oxygens (including phenoxy) is 2. The van der Waals surface area contributed by atoms with E-state index in [-0.39, 0.29) is 43.7 Å². The number of benzene rings is 1. The van der Waals surface area contributed by atoms with E-state index in [9.17, 15) is 19.2 Å². The molecule has 0 spiro atoms. The van der Waals surface area contributed by atoms with E-state index in [1.165, 1.54) is 19.1 Å². The molecule has 0 bridgehead atoms. The lowest BCUT2D eigenvalue weighted by Crippen LogP contribution is -2.58. The number of imide groups is 1. The molecular formula is C22H29N3O6. The van der Waals surface area contributed by atoms with E-state index in [4.69, 9.17) is 9.47 Å². The van der Waals surface area contributed by atoms with Crippen molar-refractivity contribution in [3.63, 3.8) is 0 Å². The fraction of sp³-hybridized carbons (Fsp3) is 0.545. The first-order chi connectivity index (χ1) is 14.9. The van der Waals surface area contributed by atoms with Crippen molar-refractivity contribution in [2.75, 3.05) is 40.5 Å². The Balaban J connectivity index is 1.99. The van der Waals surface area contributed by atoms with Gasteiger partial charge in [0.15, 0.2) is 0 Å². The molecule has 3 rings (SSSR count). The minimum Gasteiger partial charge on any atom is -0.497 e. The predicted molar refractivity (Wildman–Crippen MR) is 111 cm³/mol. The summed E-state index contributed by atoms with van der Waals surface area (Å²) in [7, 11) is 3.01. The minimum atomic E-state index is -1.34. The summed E-state index contributed by atoms with van der Waals surface area (Å²) >= 11 is 0. The molecule has 2 aliphatic rings. The van der Waals surface area contributed by atoms with Crippen LogP contribution in [0.2, 0.25) is 0 Å². The second-order valence-electron chi connectivity index (χ2n) is 7.81. The van der Waals surface area contributed by atoms with Crippen molar-refractivity contribution in [2.45, 2.75) is 37.6 Å². The summed E-state index contributed by atoms with van der Waals surface area (Å²) in [6, 6.07) is 6.32. The smallest absolute Gasteiger partial charge is 0.242 e. The highest BCUT2D eigenvalue weighted by atomic mass is 16.5. The summed E-state index contributed by atoms with van der Waals surface area (Å²) in [5.41, 5.74) is -0.796. The Hall–Kier alpha value is -2.94. The number of nitrogens with one attached hydrogen (secondary N) is 1. The van der Waals surface area contributed by atoms with Gasteiger partial charge in [-0.05, 0) is 24.1 Å². The van der Waals surface area contributed by atoms with Gasteiger partial charge in [-0.25, -0.2) is 0 Å². The van der Waals surface area contributed by atoms with Crippen molar-refractivity contribution in [3.8, 4) is 5.75 Å². The Labute approximate surface area is 181 Å². The molecule has 0 saturated carbocycles. The molecule has 2 saturated heterocycles. The van der Waals surface area contributed by atoms with Gasteiger partial charge in [-0.15, -0.1) is 0 Å². The Kier molecular flexibility index (Phi) is 6.94. The van der Waals surface area contributed by atoms with Gasteiger partial charge in [-0.3, -0.25) is 24.1 Å². The number of rotatable bonds is 8. The fourth-order valence-corrected chi connectivity index (χ4v) is 4.37. The van der Waals surface area contributed by atoms with Crippen LogP contribution in [0.5, 0.6) is 5.75 Å². The molecule has 1 N–H and O–H groups in total. The maximum absolute atomic E-state index is 13.5. The molecule has 4 amide bonds. The number of nitrogens with zero attached hydrogens (tertiary/aromatic N) is 2. The van der Waals surface area contributed by atoms with E-state index in [2.05, 4.69) is 5.32 Å². The van der Waals surface area contributed by atoms with Gasteiger partial charge in [0.2, 0.25) is 23.6 Å². The Morgan fingerprint density at radius 1 is 1.26 bits per heavy atom. The van der Waals surface area contributed by atoms with Crippen LogP contribution in [0.25, 0.3) is 0 Å². The number of hydrogen-bond acceptors (Lipinski definition) is 6. The predicted octanol–water partition coefficient (Wildman–Crippen LogP) is 0.465. The monoisotopic (exact) mass is 431 g/mol. The molecule has 168 valence electrons. The molecule has 31 heavy (non-hydrogen) atoms. The van der Waals surface area contributed by atoms with Gasteiger partial charge < -0.3 is 19.7 Å². The molecule has 0 radical (unpaired) electrons. The second kappa shape index (κ2) is 9.47. The quantitative estimate of drug-likeness (QED) is 0.600. The van der Waals surface area contributed by atoms with Gasteiger partial charge in [-0.1, -0.05) is 19.1 Å². The fourth-order valence-electron chi connectivity index (χ4n) is 4.37. The van der Waals surface area contributed by atoms with Gasteiger partial charge >= 0.3 is 0 Å². The van der Waals surface area contributed by atoms with Crippen LogP contribution in [0.3, 0.4) is 0 Å². The normalized spacial score (nSPS) is 23.8. The van der Waals surface area contributed by atoms with Crippen LogP contribution in [0.4, 0.5) is 0 Å². The van der Waals surface area contributed by atoms with E-state index >= 15 is 0 Å². The zero-order valence-corrected chi connectivity index (χ0v) is 18.2. The first kappa shape index (κ1) is 22.7. The lowest BCUT2D eigenvalue weighted by molar-refractivity contribution is -0.147. The molecule has 2 aliphatic heterocycles. The van der Waals surface area contributed by atoms with Crippen LogP contribution < -0.4 is 10.1 Å². The molecule has 9 heteroatoms. The Morgan fingerprint density at radius 2 is 2.03 bits per heavy atom. The SMILES string of the molecule is CCC1C(=O)NCCN1C(=O)CC1(c2cccc(OC)c2)CC(=O)N(CCOC)C1=O. The number of piperazine rings is 1. The zero-order valence-electron chi connectivity index (χ0n) is 18.2. The van der Waals surface area contributed by atoms with Crippen molar-refractivity contribution < 1.29 is 28.7 Å². The molecule has 9 nitrogen and oxygen atoms in total. The van der Waals surface area contributed by atoms with Crippen LogP contribution in [-0.4, -0.2) is 79.9 Å². The van der Waals surface area contributed by atoms with Crippen molar-refractivity contribution in [3.05, 3.63) is 29.8 Å². The van der Waals surface area contributed by atoms with Gasteiger partial charge in [0, 0.05) is 33.0 Å². The highest BCUT2D eigenvalue weighted by Crippen LogP contribution is 2.41. The number of methoxy groups -OCH3 is 2. The van der Waals surface area contributed by atoms with Gasteiger partial charge in [0.25, 0.3) is 0 Å². The Morgan fingerprint density at radius 3 is 2.71 bits per heavy atom. The highest BCUT2D eigenvalue weighted by Gasteiger charge is 2.54. The lowest BCUT2D eigenvalue weighted by atomic mass is 9.75. The maximum Gasteiger partial charge on any atom is 0.242 e. The maximum atomic E-state index is 13.5. The number of hydrogen-bond donors (Lipinski definition) is 1. The number of amides is 4. The van der Waals surface area contributed by atoms with E-state index in [0.717, 1.165) is 4.90 Å².